The maximum Gasteiger partial charge on any atom is 0.309 e. The molecule has 22 heavy (non-hydrogen) atoms. The van der Waals surface area contributed by atoms with E-state index in [1.165, 1.54) is 12.1 Å². The zero-order chi connectivity index (χ0) is 16.0. The van der Waals surface area contributed by atoms with Gasteiger partial charge in [-0.2, -0.15) is 8.78 Å². The van der Waals surface area contributed by atoms with Crippen LogP contribution in [0.5, 0.6) is 5.75 Å². The molecule has 1 aliphatic heterocycles. The van der Waals surface area contributed by atoms with E-state index in [9.17, 15) is 22.4 Å². The molecular formula is C14H12F4O4. The fraction of sp³-hybridized carbons (Fsp3) is 0.500. The van der Waals surface area contributed by atoms with Gasteiger partial charge in [0.15, 0.2) is 6.29 Å². The van der Waals surface area contributed by atoms with Crippen LogP contribution >= 0.6 is 0 Å². The summed E-state index contributed by atoms with van der Waals surface area (Å²) in [6.45, 7) is -1.02. The van der Waals surface area contributed by atoms with Crippen LogP contribution in [0.3, 0.4) is 0 Å². The smallest absolute Gasteiger partial charge is 0.309 e. The molecule has 3 rings (SSSR count). The first-order valence-electron chi connectivity index (χ1n) is 6.59. The number of carbonyl (C=O) groups excluding carboxylic acids is 1. The first kappa shape index (κ1) is 15.2. The van der Waals surface area contributed by atoms with Crippen LogP contribution in [-0.4, -0.2) is 38.5 Å². The second kappa shape index (κ2) is 5.20. The average Bonchev–Trinajstić information content (AvgIpc) is 3.03. The number of hydrogen-bond acceptors (Lipinski definition) is 4. The fourth-order valence-electron chi connectivity index (χ4n) is 2.89. The van der Waals surface area contributed by atoms with E-state index in [-0.39, 0.29) is 35.7 Å². The lowest BCUT2D eigenvalue weighted by molar-refractivity contribution is -0.289. The molecule has 1 saturated heterocycles. The molecule has 0 unspecified atom stereocenters. The van der Waals surface area contributed by atoms with Gasteiger partial charge in [-0.3, -0.25) is 4.79 Å². The minimum Gasteiger partial charge on any atom is -0.487 e. The predicted molar refractivity (Wildman–Crippen MR) is 65.6 cm³/mol. The van der Waals surface area contributed by atoms with Gasteiger partial charge in [-0.15, -0.1) is 0 Å². The Hall–Kier alpha value is -1.67. The third kappa shape index (κ3) is 2.09. The van der Waals surface area contributed by atoms with E-state index in [0.29, 0.717) is 6.29 Å². The predicted octanol–water partition coefficient (Wildman–Crippen LogP) is 2.53. The van der Waals surface area contributed by atoms with Crippen molar-refractivity contribution in [2.75, 3.05) is 19.8 Å². The van der Waals surface area contributed by atoms with E-state index in [1.807, 2.05) is 0 Å². The van der Waals surface area contributed by atoms with Crippen LogP contribution in [-0.2, 0) is 21.7 Å². The van der Waals surface area contributed by atoms with Crippen molar-refractivity contribution in [3.05, 3.63) is 28.8 Å². The Balaban J connectivity index is 2.12. The Morgan fingerprint density at radius 1 is 1.27 bits per heavy atom. The van der Waals surface area contributed by atoms with Gasteiger partial charge < -0.3 is 14.2 Å². The van der Waals surface area contributed by atoms with E-state index in [0.717, 1.165) is 0 Å². The molecule has 1 heterocycles. The average molecular weight is 320 g/mol. The summed E-state index contributed by atoms with van der Waals surface area (Å²) in [6, 6.07) is 2.47. The third-order valence-corrected chi connectivity index (χ3v) is 3.70. The van der Waals surface area contributed by atoms with Crippen molar-refractivity contribution in [3.8, 4) is 5.75 Å². The summed E-state index contributed by atoms with van der Waals surface area (Å²) in [6.07, 6.45) is -3.14. The van der Waals surface area contributed by atoms with Crippen LogP contribution in [0.25, 0.3) is 0 Å². The van der Waals surface area contributed by atoms with Crippen molar-refractivity contribution in [1.82, 2.24) is 0 Å². The fourth-order valence-corrected chi connectivity index (χ4v) is 2.89. The number of ether oxygens (including phenoxy) is 3. The Morgan fingerprint density at radius 2 is 1.95 bits per heavy atom. The largest absolute Gasteiger partial charge is 0.487 e. The van der Waals surface area contributed by atoms with E-state index in [2.05, 4.69) is 0 Å². The highest BCUT2D eigenvalue weighted by Crippen LogP contribution is 2.55. The Bertz CT molecular complexity index is 597. The second-order valence-corrected chi connectivity index (χ2v) is 5.02. The molecule has 0 N–H and O–H groups in total. The molecule has 0 aromatic heterocycles. The Kier molecular flexibility index (Phi) is 3.60. The molecule has 4 nitrogen and oxygen atoms in total. The Labute approximate surface area is 123 Å². The lowest BCUT2D eigenvalue weighted by Crippen LogP contribution is -2.43. The van der Waals surface area contributed by atoms with E-state index < -0.39 is 31.2 Å². The molecular weight excluding hydrogens is 308 g/mol. The van der Waals surface area contributed by atoms with Crippen LogP contribution in [0.4, 0.5) is 17.6 Å². The summed E-state index contributed by atoms with van der Waals surface area (Å²) in [4.78, 5) is 11.2. The minimum atomic E-state index is -3.42. The maximum atomic E-state index is 14.4. The number of aldehydes is 1. The highest BCUT2D eigenvalue weighted by atomic mass is 19.3. The topological polar surface area (TPSA) is 44.8 Å². The number of benzene rings is 1. The molecule has 1 fully saturated rings. The van der Waals surface area contributed by atoms with E-state index in [4.69, 9.17) is 14.2 Å². The van der Waals surface area contributed by atoms with Crippen molar-refractivity contribution in [2.45, 2.75) is 24.6 Å². The summed E-state index contributed by atoms with van der Waals surface area (Å²) in [5.41, 5.74) is -0.188. The monoisotopic (exact) mass is 320 g/mol. The number of alkyl halides is 4. The number of rotatable bonds is 4. The van der Waals surface area contributed by atoms with Gasteiger partial charge in [-0.05, 0) is 12.1 Å². The van der Waals surface area contributed by atoms with Gasteiger partial charge in [0, 0.05) is 23.1 Å². The maximum absolute atomic E-state index is 14.4. The summed E-state index contributed by atoms with van der Waals surface area (Å²) in [5, 5.41) is 0. The van der Waals surface area contributed by atoms with Gasteiger partial charge in [0.2, 0.25) is 0 Å². The van der Waals surface area contributed by atoms with Gasteiger partial charge in [-0.25, -0.2) is 8.78 Å². The second-order valence-electron chi connectivity index (χ2n) is 5.02. The molecule has 1 spiro atoms. The quantitative estimate of drug-likeness (QED) is 0.632. The lowest BCUT2D eigenvalue weighted by Gasteiger charge is -2.30. The SMILES string of the molecule is O=Cc1ccc(OCC(F)F)c2c1C1(OCCO1)C(F)(F)C2. The molecule has 1 aromatic rings. The van der Waals surface area contributed by atoms with Crippen molar-refractivity contribution < 1.29 is 36.6 Å². The highest BCUT2D eigenvalue weighted by molar-refractivity contribution is 5.80. The number of halogens is 4. The molecule has 1 aliphatic carbocycles. The molecule has 0 amide bonds. The van der Waals surface area contributed by atoms with Crippen LogP contribution in [0.2, 0.25) is 0 Å². The van der Waals surface area contributed by atoms with Crippen LogP contribution in [0, 0.1) is 0 Å². The Morgan fingerprint density at radius 3 is 2.55 bits per heavy atom. The van der Waals surface area contributed by atoms with Crippen molar-refractivity contribution in [2.24, 2.45) is 0 Å². The molecule has 0 bridgehead atoms. The zero-order valence-electron chi connectivity index (χ0n) is 11.3. The summed E-state index contributed by atoms with van der Waals surface area (Å²) in [5.74, 6) is -5.88. The highest BCUT2D eigenvalue weighted by Gasteiger charge is 2.66. The van der Waals surface area contributed by atoms with Crippen LogP contribution < -0.4 is 4.74 Å². The van der Waals surface area contributed by atoms with Crippen LogP contribution in [0.1, 0.15) is 21.5 Å². The standard InChI is InChI=1S/C14H12F4O4/c15-11(16)7-20-10-2-1-8(6-19)12-9(10)5-13(17,18)14(12)21-3-4-22-14/h1-2,6,11H,3-5,7H2. The molecule has 0 saturated carbocycles. The molecule has 2 aliphatic rings. The molecule has 120 valence electrons. The number of carbonyl (C=O) groups is 1. The first-order chi connectivity index (χ1) is 10.4. The zero-order valence-corrected chi connectivity index (χ0v) is 11.3. The van der Waals surface area contributed by atoms with Crippen molar-refractivity contribution >= 4 is 6.29 Å². The summed E-state index contributed by atoms with van der Waals surface area (Å²) < 4.78 is 68.6. The van der Waals surface area contributed by atoms with Gasteiger partial charge in [0.05, 0.1) is 13.2 Å². The van der Waals surface area contributed by atoms with Crippen molar-refractivity contribution in [1.29, 1.82) is 0 Å². The molecule has 8 heteroatoms. The molecule has 0 radical (unpaired) electrons. The van der Waals surface area contributed by atoms with E-state index in [1.54, 1.807) is 0 Å². The van der Waals surface area contributed by atoms with Crippen molar-refractivity contribution in [3.63, 3.8) is 0 Å². The normalized spacial score (nSPS) is 21.3. The first-order valence-corrected chi connectivity index (χ1v) is 6.59. The van der Waals surface area contributed by atoms with Crippen LogP contribution in [0.15, 0.2) is 12.1 Å². The third-order valence-electron chi connectivity index (χ3n) is 3.70. The molecule has 0 atom stereocenters. The van der Waals surface area contributed by atoms with Gasteiger partial charge >= 0.3 is 5.92 Å². The summed E-state index contributed by atoms with van der Waals surface area (Å²) >= 11 is 0. The lowest BCUT2D eigenvalue weighted by atomic mass is 9.99. The van der Waals surface area contributed by atoms with Gasteiger partial charge in [0.1, 0.15) is 12.4 Å². The number of hydrogen-bond donors (Lipinski definition) is 0. The van der Waals surface area contributed by atoms with E-state index >= 15 is 0 Å². The van der Waals surface area contributed by atoms with Gasteiger partial charge in [0.25, 0.3) is 12.2 Å². The summed E-state index contributed by atoms with van der Waals surface area (Å²) in [7, 11) is 0. The number of fused-ring (bicyclic) bond motifs is 2. The minimum absolute atomic E-state index is 0.0292. The molecule has 1 aromatic carbocycles. The van der Waals surface area contributed by atoms with Gasteiger partial charge in [-0.1, -0.05) is 0 Å².